The molecule has 0 atom stereocenters. The zero-order chi connectivity index (χ0) is 12.5. The molecule has 0 saturated carbocycles. The van der Waals surface area contributed by atoms with Crippen molar-refractivity contribution in [2.45, 2.75) is 0 Å². The lowest BCUT2D eigenvalue weighted by Crippen LogP contribution is -2.05. The fourth-order valence-electron chi connectivity index (χ4n) is 1.59. The van der Waals surface area contributed by atoms with Crippen molar-refractivity contribution in [1.29, 1.82) is 0 Å². The molecule has 2 heterocycles. The van der Waals surface area contributed by atoms with Gasteiger partial charge >= 0.3 is 0 Å². The highest BCUT2D eigenvalue weighted by Gasteiger charge is 2.14. The van der Waals surface area contributed by atoms with Crippen LogP contribution in [-0.2, 0) is 0 Å². The van der Waals surface area contributed by atoms with Crippen LogP contribution in [0.3, 0.4) is 0 Å². The van der Waals surface area contributed by atoms with Crippen LogP contribution in [0.5, 0.6) is 5.75 Å². The monoisotopic (exact) mass is 241 g/mol. The molecule has 2 aromatic heterocycles. The number of aromatic nitrogens is 5. The first-order valence-corrected chi connectivity index (χ1v) is 5.12. The van der Waals surface area contributed by atoms with Crippen LogP contribution in [0.4, 0.5) is 0 Å². The van der Waals surface area contributed by atoms with Crippen LogP contribution in [0.15, 0.2) is 36.7 Å². The lowest BCUT2D eigenvalue weighted by molar-refractivity contribution is 0.103. The number of nitrogens with zero attached hydrogens (tertiary/aromatic N) is 5. The topological polar surface area (TPSA) is 93.3 Å². The van der Waals surface area contributed by atoms with Crippen LogP contribution in [-0.4, -0.2) is 35.9 Å². The lowest BCUT2D eigenvalue weighted by atomic mass is 10.1. The van der Waals surface area contributed by atoms with Gasteiger partial charge in [0.05, 0.1) is 11.1 Å². The molecule has 0 bridgehead atoms. The van der Waals surface area contributed by atoms with E-state index in [-0.39, 0.29) is 17.1 Å². The Bertz CT molecular complexity index is 737. The fraction of sp³-hybridized carbons (Fsp3) is 0. The molecule has 0 fully saturated rings. The first-order valence-electron chi connectivity index (χ1n) is 5.12. The number of tetrazole rings is 1. The summed E-state index contributed by atoms with van der Waals surface area (Å²) in [5.74, 6) is -0.0962. The summed E-state index contributed by atoms with van der Waals surface area (Å²) in [6, 6.07) is 6.32. The van der Waals surface area contributed by atoms with Crippen molar-refractivity contribution < 1.29 is 9.90 Å². The van der Waals surface area contributed by atoms with Gasteiger partial charge < -0.3 is 5.11 Å². The van der Waals surface area contributed by atoms with E-state index in [1.165, 1.54) is 23.0 Å². The number of hydrogen-bond acceptors (Lipinski definition) is 6. The van der Waals surface area contributed by atoms with Crippen molar-refractivity contribution in [3.63, 3.8) is 0 Å². The number of fused-ring (bicyclic) bond motifs is 1. The quantitative estimate of drug-likeness (QED) is 0.655. The fourth-order valence-corrected chi connectivity index (χ4v) is 1.59. The van der Waals surface area contributed by atoms with E-state index >= 15 is 0 Å². The molecule has 0 unspecified atom stereocenters. The summed E-state index contributed by atoms with van der Waals surface area (Å²) < 4.78 is 1.30. The second-order valence-corrected chi connectivity index (χ2v) is 3.61. The van der Waals surface area contributed by atoms with Gasteiger partial charge in [0.1, 0.15) is 5.75 Å². The van der Waals surface area contributed by atoms with Gasteiger partial charge in [0.25, 0.3) is 5.78 Å². The van der Waals surface area contributed by atoms with Gasteiger partial charge in [-0.1, -0.05) is 17.2 Å². The van der Waals surface area contributed by atoms with Crippen molar-refractivity contribution in [3.8, 4) is 5.75 Å². The number of ketones is 1. The molecular formula is C11H7N5O2. The van der Waals surface area contributed by atoms with Crippen LogP contribution in [0.1, 0.15) is 15.9 Å². The number of rotatable bonds is 2. The van der Waals surface area contributed by atoms with Crippen LogP contribution in [0.2, 0.25) is 0 Å². The maximum absolute atomic E-state index is 12.2. The highest BCUT2D eigenvalue weighted by Crippen LogP contribution is 2.19. The third kappa shape index (κ3) is 1.58. The molecule has 18 heavy (non-hydrogen) atoms. The van der Waals surface area contributed by atoms with Gasteiger partial charge in [-0.05, 0) is 22.6 Å². The second-order valence-electron chi connectivity index (χ2n) is 3.61. The van der Waals surface area contributed by atoms with E-state index in [2.05, 4.69) is 20.5 Å². The minimum absolute atomic E-state index is 0.0701. The van der Waals surface area contributed by atoms with Crippen molar-refractivity contribution >= 4 is 11.6 Å². The molecule has 3 aromatic rings. The molecule has 7 nitrogen and oxygen atoms in total. The van der Waals surface area contributed by atoms with Gasteiger partial charge in [0.15, 0.2) is 5.78 Å². The molecule has 0 saturated heterocycles. The van der Waals surface area contributed by atoms with Crippen molar-refractivity contribution in [1.82, 2.24) is 25.0 Å². The number of carbonyl (C=O) groups excluding carboxylic acids is 1. The van der Waals surface area contributed by atoms with E-state index in [4.69, 9.17) is 0 Å². The number of para-hydroxylation sites is 1. The predicted octanol–water partition coefficient (Wildman–Crippen LogP) is 0.456. The highest BCUT2D eigenvalue weighted by molar-refractivity contribution is 6.10. The second kappa shape index (κ2) is 3.88. The summed E-state index contributed by atoms with van der Waals surface area (Å²) in [6.07, 6.45) is 2.84. The van der Waals surface area contributed by atoms with Gasteiger partial charge in [-0.2, -0.15) is 4.52 Å². The molecule has 0 aliphatic heterocycles. The van der Waals surface area contributed by atoms with Crippen molar-refractivity contribution in [2.24, 2.45) is 0 Å². The standard InChI is InChI=1S/C11H7N5O2/c17-9-4-2-1-3-8(9)10(18)7-5-12-11-13-14-15-16(11)6-7/h1-6,17H. The predicted molar refractivity (Wildman–Crippen MR) is 60.1 cm³/mol. The number of phenolic OH excluding ortho intramolecular Hbond substituents is 1. The highest BCUT2D eigenvalue weighted by atomic mass is 16.3. The van der Waals surface area contributed by atoms with E-state index in [9.17, 15) is 9.90 Å². The summed E-state index contributed by atoms with van der Waals surface area (Å²) in [6.45, 7) is 0. The molecule has 7 heteroatoms. The number of phenols is 1. The van der Waals surface area contributed by atoms with Gasteiger partial charge in [-0.25, -0.2) is 4.98 Å². The third-order valence-corrected chi connectivity index (χ3v) is 2.47. The molecule has 1 aromatic carbocycles. The first-order chi connectivity index (χ1) is 8.75. The van der Waals surface area contributed by atoms with E-state index in [1.807, 2.05) is 0 Å². The first kappa shape index (κ1) is 10.3. The Labute approximate surface area is 101 Å². The average Bonchev–Trinajstić information content (AvgIpc) is 2.85. The summed E-state index contributed by atoms with van der Waals surface area (Å²) in [5, 5.41) is 20.4. The number of hydrogen-bond donors (Lipinski definition) is 1. The van der Waals surface area contributed by atoms with E-state index in [1.54, 1.807) is 18.2 Å². The average molecular weight is 241 g/mol. The van der Waals surface area contributed by atoms with E-state index in [0.717, 1.165) is 0 Å². The zero-order valence-electron chi connectivity index (χ0n) is 9.06. The smallest absolute Gasteiger partial charge is 0.273 e. The van der Waals surface area contributed by atoms with Crippen LogP contribution in [0.25, 0.3) is 5.78 Å². The molecule has 0 aliphatic rings. The largest absolute Gasteiger partial charge is 0.507 e. The van der Waals surface area contributed by atoms with Gasteiger partial charge in [0.2, 0.25) is 0 Å². The van der Waals surface area contributed by atoms with Crippen LogP contribution in [0, 0.1) is 0 Å². The SMILES string of the molecule is O=C(c1cnc2nnnn2c1)c1ccccc1O. The van der Waals surface area contributed by atoms with Crippen LogP contribution < -0.4 is 0 Å². The molecule has 0 spiro atoms. The van der Waals surface area contributed by atoms with E-state index in [0.29, 0.717) is 11.3 Å². The maximum Gasteiger partial charge on any atom is 0.273 e. The Morgan fingerprint density at radius 1 is 1.28 bits per heavy atom. The summed E-state index contributed by atoms with van der Waals surface area (Å²) in [4.78, 5) is 16.1. The molecule has 0 aliphatic carbocycles. The Kier molecular flexibility index (Phi) is 2.23. The minimum atomic E-state index is -0.335. The number of carbonyl (C=O) groups is 1. The normalized spacial score (nSPS) is 10.7. The third-order valence-electron chi connectivity index (χ3n) is 2.47. The van der Waals surface area contributed by atoms with Crippen molar-refractivity contribution in [3.05, 3.63) is 47.8 Å². The number of aromatic hydroxyl groups is 1. The van der Waals surface area contributed by atoms with Crippen LogP contribution >= 0.6 is 0 Å². The minimum Gasteiger partial charge on any atom is -0.507 e. The summed E-state index contributed by atoms with van der Waals surface area (Å²) in [5.41, 5.74) is 0.517. The summed E-state index contributed by atoms with van der Waals surface area (Å²) in [7, 11) is 0. The Morgan fingerprint density at radius 2 is 2.11 bits per heavy atom. The van der Waals surface area contributed by atoms with E-state index < -0.39 is 0 Å². The van der Waals surface area contributed by atoms with Gasteiger partial charge in [0, 0.05) is 12.4 Å². The number of benzene rings is 1. The Balaban J connectivity index is 2.09. The van der Waals surface area contributed by atoms with Crippen molar-refractivity contribution in [2.75, 3.05) is 0 Å². The molecule has 88 valence electrons. The van der Waals surface area contributed by atoms with Gasteiger partial charge in [-0.15, -0.1) is 0 Å². The molecule has 3 rings (SSSR count). The lowest BCUT2D eigenvalue weighted by Gasteiger charge is -2.02. The molecule has 1 N–H and O–H groups in total. The molecule has 0 radical (unpaired) electrons. The Morgan fingerprint density at radius 3 is 2.94 bits per heavy atom. The molecule has 0 amide bonds. The Hall–Kier alpha value is -2.83. The maximum atomic E-state index is 12.2. The van der Waals surface area contributed by atoms with Gasteiger partial charge in [-0.3, -0.25) is 4.79 Å². The summed E-state index contributed by atoms with van der Waals surface area (Å²) >= 11 is 0. The molecular weight excluding hydrogens is 234 g/mol. The zero-order valence-corrected chi connectivity index (χ0v) is 9.06.